The summed E-state index contributed by atoms with van der Waals surface area (Å²) in [4.78, 5) is 15.4. The Morgan fingerprint density at radius 3 is 2.38 bits per heavy atom. The van der Waals surface area contributed by atoms with Gasteiger partial charge in [-0.05, 0) is 67.7 Å². The zero-order chi connectivity index (χ0) is 23.1. The molecule has 0 bridgehead atoms. The van der Waals surface area contributed by atoms with Gasteiger partial charge in [-0.3, -0.25) is 14.0 Å². The average Bonchev–Trinajstić information content (AvgIpc) is 2.77. The Labute approximate surface area is 190 Å². The van der Waals surface area contributed by atoms with E-state index in [2.05, 4.69) is 22.3 Å². The molecule has 1 atom stereocenters. The molecule has 1 aliphatic rings. The fourth-order valence-corrected chi connectivity index (χ4v) is 5.38. The summed E-state index contributed by atoms with van der Waals surface area (Å²) in [7, 11) is -3.75. The first-order valence-corrected chi connectivity index (χ1v) is 13.0. The highest BCUT2D eigenvalue weighted by Crippen LogP contribution is 2.23. The monoisotopic (exact) mass is 461 g/mol. The van der Waals surface area contributed by atoms with Gasteiger partial charge in [0, 0.05) is 13.1 Å². The topological polar surface area (TPSA) is 69.7 Å². The maximum atomic E-state index is 13.3. The molecule has 1 N–H and O–H groups in total. The quantitative estimate of drug-likeness (QED) is 0.619. The summed E-state index contributed by atoms with van der Waals surface area (Å²) in [6, 6.07) is 12.3. The van der Waals surface area contributed by atoms with Crippen molar-refractivity contribution in [1.82, 2.24) is 10.2 Å². The Morgan fingerprint density at radius 2 is 1.75 bits per heavy atom. The molecule has 2 aromatic rings. The van der Waals surface area contributed by atoms with Gasteiger partial charge in [-0.25, -0.2) is 12.8 Å². The molecule has 0 radical (unpaired) electrons. The van der Waals surface area contributed by atoms with Gasteiger partial charge in [0.25, 0.3) is 0 Å². The molecule has 0 aromatic heterocycles. The van der Waals surface area contributed by atoms with Gasteiger partial charge in [-0.2, -0.15) is 0 Å². The number of carbonyl (C=O) groups is 1. The molecule has 3 rings (SSSR count). The highest BCUT2D eigenvalue weighted by Gasteiger charge is 2.31. The minimum atomic E-state index is -3.75. The van der Waals surface area contributed by atoms with Crippen LogP contribution in [0, 0.1) is 5.82 Å². The normalized spacial score (nSPS) is 15.8. The first-order chi connectivity index (χ1) is 15.3. The number of amides is 1. The highest BCUT2D eigenvalue weighted by atomic mass is 32.2. The van der Waals surface area contributed by atoms with Crippen molar-refractivity contribution in [3.05, 3.63) is 65.5 Å². The highest BCUT2D eigenvalue weighted by molar-refractivity contribution is 7.92. The van der Waals surface area contributed by atoms with Crippen LogP contribution in [0.1, 0.15) is 43.7 Å². The molecule has 0 saturated carbocycles. The number of hydrogen-bond acceptors (Lipinski definition) is 4. The van der Waals surface area contributed by atoms with Gasteiger partial charge >= 0.3 is 0 Å². The number of halogens is 1. The standard InChI is InChI=1S/C24H32FN3O3S/c1-3-23(28(32(2,30)31)22-12-10-21(25)11-13-22)24(29)26-17-19-8-7-9-20(16-19)18-27-14-5-4-6-15-27/h7-13,16,23H,3-6,14-15,17-18H2,1-2H3,(H,26,29). The summed E-state index contributed by atoms with van der Waals surface area (Å²) in [5, 5.41) is 2.88. The second-order valence-electron chi connectivity index (χ2n) is 8.33. The molecule has 174 valence electrons. The van der Waals surface area contributed by atoms with Gasteiger partial charge < -0.3 is 5.32 Å². The largest absolute Gasteiger partial charge is 0.350 e. The first kappa shape index (κ1) is 24.2. The number of hydrogen-bond donors (Lipinski definition) is 1. The van der Waals surface area contributed by atoms with Crippen LogP contribution in [0.25, 0.3) is 0 Å². The summed E-state index contributed by atoms with van der Waals surface area (Å²) in [6.07, 6.45) is 5.10. The number of sulfonamides is 1. The molecule has 2 aromatic carbocycles. The van der Waals surface area contributed by atoms with E-state index in [1.807, 2.05) is 12.1 Å². The van der Waals surface area contributed by atoms with E-state index < -0.39 is 21.9 Å². The van der Waals surface area contributed by atoms with E-state index in [1.165, 1.54) is 49.1 Å². The van der Waals surface area contributed by atoms with Crippen molar-refractivity contribution >= 4 is 21.6 Å². The smallest absolute Gasteiger partial charge is 0.244 e. The number of nitrogens with one attached hydrogen (secondary N) is 1. The summed E-state index contributed by atoms with van der Waals surface area (Å²) in [5.41, 5.74) is 2.43. The predicted octanol–water partition coefficient (Wildman–Crippen LogP) is 3.67. The van der Waals surface area contributed by atoms with Crippen LogP contribution in [-0.4, -0.2) is 44.6 Å². The van der Waals surface area contributed by atoms with Crippen LogP contribution in [0.2, 0.25) is 0 Å². The van der Waals surface area contributed by atoms with Crippen molar-refractivity contribution in [3.63, 3.8) is 0 Å². The van der Waals surface area contributed by atoms with Gasteiger partial charge in [0.2, 0.25) is 15.9 Å². The molecule has 32 heavy (non-hydrogen) atoms. The molecular weight excluding hydrogens is 429 g/mol. The van der Waals surface area contributed by atoms with Crippen molar-refractivity contribution < 1.29 is 17.6 Å². The number of benzene rings is 2. The molecule has 1 saturated heterocycles. The number of piperidine rings is 1. The zero-order valence-corrected chi connectivity index (χ0v) is 19.6. The lowest BCUT2D eigenvalue weighted by Crippen LogP contribution is -2.49. The van der Waals surface area contributed by atoms with Crippen molar-refractivity contribution in [2.24, 2.45) is 0 Å². The number of likely N-dealkylation sites (tertiary alicyclic amines) is 1. The van der Waals surface area contributed by atoms with Crippen molar-refractivity contribution in [2.45, 2.75) is 51.7 Å². The Kier molecular flexibility index (Phi) is 8.26. The first-order valence-electron chi connectivity index (χ1n) is 11.1. The molecule has 1 aliphatic heterocycles. The van der Waals surface area contributed by atoms with Crippen LogP contribution in [0.5, 0.6) is 0 Å². The molecule has 1 heterocycles. The van der Waals surface area contributed by atoms with E-state index in [0.717, 1.165) is 35.8 Å². The third-order valence-electron chi connectivity index (χ3n) is 5.72. The van der Waals surface area contributed by atoms with E-state index in [-0.39, 0.29) is 18.0 Å². The zero-order valence-electron chi connectivity index (χ0n) is 18.8. The summed E-state index contributed by atoms with van der Waals surface area (Å²) in [5.74, 6) is -0.854. The Bertz CT molecular complexity index is 1010. The Balaban J connectivity index is 1.69. The second kappa shape index (κ2) is 10.9. The molecule has 1 fully saturated rings. The molecular formula is C24H32FN3O3S. The van der Waals surface area contributed by atoms with Gasteiger partial charge in [0.05, 0.1) is 11.9 Å². The average molecular weight is 462 g/mol. The van der Waals surface area contributed by atoms with E-state index in [4.69, 9.17) is 0 Å². The van der Waals surface area contributed by atoms with E-state index in [0.29, 0.717) is 6.54 Å². The summed E-state index contributed by atoms with van der Waals surface area (Å²) >= 11 is 0. The number of carbonyl (C=O) groups excluding carboxylic acids is 1. The lowest BCUT2D eigenvalue weighted by Gasteiger charge is -2.30. The second-order valence-corrected chi connectivity index (χ2v) is 10.2. The fraction of sp³-hybridized carbons (Fsp3) is 0.458. The fourth-order valence-electron chi connectivity index (χ4n) is 4.17. The van der Waals surface area contributed by atoms with Gasteiger partial charge in [0.1, 0.15) is 11.9 Å². The maximum absolute atomic E-state index is 13.3. The van der Waals surface area contributed by atoms with Gasteiger partial charge in [0.15, 0.2) is 0 Å². The molecule has 0 aliphatic carbocycles. The predicted molar refractivity (Wildman–Crippen MR) is 125 cm³/mol. The minimum absolute atomic E-state index is 0.263. The Hall–Kier alpha value is -2.45. The van der Waals surface area contributed by atoms with Crippen LogP contribution in [0.15, 0.2) is 48.5 Å². The SMILES string of the molecule is CCC(C(=O)NCc1cccc(CN2CCCCC2)c1)N(c1ccc(F)cc1)S(C)(=O)=O. The van der Waals surface area contributed by atoms with Crippen LogP contribution in [-0.2, 0) is 27.9 Å². The Morgan fingerprint density at radius 1 is 1.09 bits per heavy atom. The van der Waals surface area contributed by atoms with Crippen LogP contribution >= 0.6 is 0 Å². The van der Waals surface area contributed by atoms with Crippen molar-refractivity contribution in [1.29, 1.82) is 0 Å². The van der Waals surface area contributed by atoms with Crippen molar-refractivity contribution in [3.8, 4) is 0 Å². The van der Waals surface area contributed by atoms with E-state index >= 15 is 0 Å². The minimum Gasteiger partial charge on any atom is -0.350 e. The molecule has 1 amide bonds. The number of anilines is 1. The van der Waals surface area contributed by atoms with Gasteiger partial charge in [-0.15, -0.1) is 0 Å². The van der Waals surface area contributed by atoms with Crippen LogP contribution in [0.3, 0.4) is 0 Å². The van der Waals surface area contributed by atoms with Crippen LogP contribution < -0.4 is 9.62 Å². The number of rotatable bonds is 9. The van der Waals surface area contributed by atoms with Crippen LogP contribution in [0.4, 0.5) is 10.1 Å². The van der Waals surface area contributed by atoms with Gasteiger partial charge in [-0.1, -0.05) is 37.6 Å². The molecule has 8 heteroatoms. The lowest BCUT2D eigenvalue weighted by molar-refractivity contribution is -0.122. The third-order valence-corrected chi connectivity index (χ3v) is 6.90. The van der Waals surface area contributed by atoms with E-state index in [1.54, 1.807) is 6.92 Å². The van der Waals surface area contributed by atoms with Crippen molar-refractivity contribution in [2.75, 3.05) is 23.7 Å². The van der Waals surface area contributed by atoms with E-state index in [9.17, 15) is 17.6 Å². The maximum Gasteiger partial charge on any atom is 0.244 e. The summed E-state index contributed by atoms with van der Waals surface area (Å²) < 4.78 is 39.3. The molecule has 0 spiro atoms. The molecule has 6 nitrogen and oxygen atoms in total. The number of nitrogens with zero attached hydrogens (tertiary/aromatic N) is 2. The molecule has 1 unspecified atom stereocenters. The summed E-state index contributed by atoms with van der Waals surface area (Å²) in [6.45, 7) is 5.19. The third kappa shape index (κ3) is 6.53. The lowest BCUT2D eigenvalue weighted by atomic mass is 10.1.